The number of aliphatic hydroxyl groups excluding tert-OH is 1. The number of ether oxygens (including phenoxy) is 1. The lowest BCUT2D eigenvalue weighted by molar-refractivity contribution is -0.113. The molecule has 2 unspecified atom stereocenters. The molecule has 2 heterocycles. The maximum Gasteiger partial charge on any atom is 0.490 e. The minimum atomic E-state index is -5.80. The van der Waals surface area contributed by atoms with Gasteiger partial charge < -0.3 is 35.2 Å². The van der Waals surface area contributed by atoms with Crippen molar-refractivity contribution in [2.45, 2.75) is 24.1 Å². The SMILES string of the molecule is Nc1ccn([C@@H]2O[C@](CCl)(COP(=O)(O)OP(=O)(O)OP(=O)(O)O)[C@@H](O)[C@H]2F)c(=O)n1. The van der Waals surface area contributed by atoms with E-state index < -0.39 is 65.7 Å². The monoisotopic (exact) mass is 533 g/mol. The van der Waals surface area contributed by atoms with E-state index in [4.69, 9.17) is 36.8 Å². The minimum absolute atomic E-state index is 0.188. The molecule has 1 aliphatic rings. The minimum Gasteiger partial charge on any atom is -0.387 e. The fourth-order valence-corrected chi connectivity index (χ4v) is 5.79. The fraction of sp³-hybridized carbons (Fsp3) is 0.600. The van der Waals surface area contributed by atoms with Gasteiger partial charge in [-0.25, -0.2) is 22.9 Å². The van der Waals surface area contributed by atoms with Gasteiger partial charge in [0, 0.05) is 6.20 Å². The molecule has 0 radical (unpaired) electrons. The summed E-state index contributed by atoms with van der Waals surface area (Å²) in [6, 6.07) is 1.12. The Morgan fingerprint density at radius 3 is 2.39 bits per heavy atom. The number of rotatable bonds is 9. The summed E-state index contributed by atoms with van der Waals surface area (Å²) < 4.78 is 65.8. The second kappa shape index (κ2) is 9.23. The number of aliphatic hydroxyl groups is 1. The van der Waals surface area contributed by atoms with E-state index in [1.165, 1.54) is 0 Å². The van der Waals surface area contributed by atoms with E-state index in [2.05, 4.69) is 18.1 Å². The first-order chi connectivity index (χ1) is 14.0. The third kappa shape index (κ3) is 6.62. The molecule has 21 heteroatoms. The average molecular weight is 534 g/mol. The highest BCUT2D eigenvalue weighted by Crippen LogP contribution is 2.66. The predicted octanol–water partition coefficient (Wildman–Crippen LogP) is -0.626. The Balaban J connectivity index is 2.20. The van der Waals surface area contributed by atoms with Gasteiger partial charge in [0.05, 0.1) is 12.5 Å². The maximum absolute atomic E-state index is 14.6. The molecule has 6 atom stereocenters. The van der Waals surface area contributed by atoms with Crippen molar-refractivity contribution >= 4 is 40.9 Å². The van der Waals surface area contributed by atoms with E-state index in [0.29, 0.717) is 4.57 Å². The van der Waals surface area contributed by atoms with Crippen LogP contribution in [0, 0.1) is 0 Å². The molecule has 0 amide bonds. The van der Waals surface area contributed by atoms with Gasteiger partial charge >= 0.3 is 29.2 Å². The zero-order valence-electron chi connectivity index (χ0n) is 14.9. The van der Waals surface area contributed by atoms with Crippen LogP contribution in [0.3, 0.4) is 0 Å². The summed E-state index contributed by atoms with van der Waals surface area (Å²) in [4.78, 5) is 50.9. The Morgan fingerprint density at radius 2 is 1.87 bits per heavy atom. The van der Waals surface area contributed by atoms with Crippen LogP contribution in [-0.2, 0) is 31.6 Å². The van der Waals surface area contributed by atoms with Crippen molar-refractivity contribution in [3.05, 3.63) is 22.7 Å². The van der Waals surface area contributed by atoms with Crippen LogP contribution < -0.4 is 11.4 Å². The quantitative estimate of drug-likeness (QED) is 0.171. The zero-order valence-corrected chi connectivity index (χ0v) is 18.3. The molecule has 0 aromatic carbocycles. The zero-order chi connectivity index (χ0) is 23.8. The summed E-state index contributed by atoms with van der Waals surface area (Å²) in [7, 11) is -17.0. The van der Waals surface area contributed by atoms with Crippen LogP contribution in [0.25, 0.3) is 0 Å². The molecule has 1 saturated heterocycles. The molecule has 31 heavy (non-hydrogen) atoms. The summed E-state index contributed by atoms with van der Waals surface area (Å²) in [5.74, 6) is -0.968. The van der Waals surface area contributed by atoms with E-state index in [9.17, 15) is 32.9 Å². The normalized spacial score (nSPS) is 30.6. The summed E-state index contributed by atoms with van der Waals surface area (Å²) in [5.41, 5.74) is 1.99. The van der Waals surface area contributed by atoms with Crippen molar-refractivity contribution in [1.82, 2.24) is 9.55 Å². The highest BCUT2D eigenvalue weighted by atomic mass is 35.5. The second-order valence-electron chi connectivity index (χ2n) is 6.00. The van der Waals surface area contributed by atoms with Gasteiger partial charge in [0.25, 0.3) is 0 Å². The molecule has 16 nitrogen and oxygen atoms in total. The predicted molar refractivity (Wildman–Crippen MR) is 97.2 cm³/mol. The third-order valence-corrected chi connectivity index (χ3v) is 7.94. The fourth-order valence-electron chi connectivity index (χ4n) is 2.41. The first-order valence-electron chi connectivity index (χ1n) is 7.70. The first kappa shape index (κ1) is 26.5. The van der Waals surface area contributed by atoms with Crippen LogP contribution in [0.4, 0.5) is 10.2 Å². The second-order valence-corrected chi connectivity index (χ2v) is 10.7. The van der Waals surface area contributed by atoms with Crippen LogP contribution in [0.1, 0.15) is 6.23 Å². The number of halogens is 2. The average Bonchev–Trinajstić information content (AvgIpc) is 2.82. The van der Waals surface area contributed by atoms with Gasteiger partial charge in [0.2, 0.25) is 0 Å². The van der Waals surface area contributed by atoms with Gasteiger partial charge in [0.1, 0.15) is 17.5 Å². The van der Waals surface area contributed by atoms with Gasteiger partial charge in [-0.2, -0.15) is 13.6 Å². The van der Waals surface area contributed by atoms with Crippen LogP contribution in [0.2, 0.25) is 0 Å². The van der Waals surface area contributed by atoms with Gasteiger partial charge in [-0.1, -0.05) is 0 Å². The molecule has 2 rings (SSSR count). The van der Waals surface area contributed by atoms with Crippen molar-refractivity contribution in [2.75, 3.05) is 18.2 Å². The van der Waals surface area contributed by atoms with E-state index in [0.717, 1.165) is 12.3 Å². The van der Waals surface area contributed by atoms with E-state index in [1.54, 1.807) is 0 Å². The number of nitrogens with zero attached hydrogens (tertiary/aromatic N) is 2. The molecule has 1 aromatic heterocycles. The lowest BCUT2D eigenvalue weighted by Crippen LogP contribution is -2.47. The molecule has 0 spiro atoms. The number of phosphoric ester groups is 1. The molecule has 1 fully saturated rings. The van der Waals surface area contributed by atoms with Crippen LogP contribution >= 0.6 is 35.1 Å². The van der Waals surface area contributed by atoms with Gasteiger partial charge in [-0.3, -0.25) is 9.09 Å². The van der Waals surface area contributed by atoms with Crippen molar-refractivity contribution in [3.8, 4) is 0 Å². The topological polar surface area (TPSA) is 250 Å². The maximum atomic E-state index is 14.6. The number of hydrogen-bond donors (Lipinski definition) is 6. The van der Waals surface area contributed by atoms with Crippen LogP contribution in [-0.4, -0.2) is 64.6 Å². The van der Waals surface area contributed by atoms with Crippen molar-refractivity contribution in [3.63, 3.8) is 0 Å². The molecule has 0 bridgehead atoms. The van der Waals surface area contributed by atoms with E-state index >= 15 is 0 Å². The lowest BCUT2D eigenvalue weighted by atomic mass is 9.99. The Bertz CT molecular complexity index is 1020. The summed E-state index contributed by atoms with van der Waals surface area (Å²) in [5, 5.41) is 10.2. The molecule has 178 valence electrons. The van der Waals surface area contributed by atoms with E-state index in [1.807, 2.05) is 0 Å². The lowest BCUT2D eigenvalue weighted by Gasteiger charge is -2.29. The number of alkyl halides is 2. The number of nitrogens with two attached hydrogens (primary N) is 1. The highest BCUT2D eigenvalue weighted by molar-refractivity contribution is 7.66. The smallest absolute Gasteiger partial charge is 0.387 e. The molecular weight excluding hydrogens is 517 g/mol. The van der Waals surface area contributed by atoms with Gasteiger partial charge in [-0.15, -0.1) is 11.6 Å². The number of nitrogen functional groups attached to an aromatic ring is 1. The first-order valence-corrected chi connectivity index (χ1v) is 12.8. The number of aromatic nitrogens is 2. The largest absolute Gasteiger partial charge is 0.490 e. The van der Waals surface area contributed by atoms with Crippen molar-refractivity contribution < 1.29 is 60.6 Å². The highest BCUT2D eigenvalue weighted by Gasteiger charge is 2.57. The standard InChI is InChI=1S/C10H16ClFN3O13P3/c11-3-10(4-25-30(21,22)28-31(23,24)27-29(18,19)20)7(16)6(12)8(26-10)15-2-1-5(13)14-9(15)17/h1-2,6-8,16H,3-4H2,(H,21,22)(H,23,24)(H2,13,14,17)(H2,18,19,20)/t6-,7+,8-,10-/m1/s1. The molecule has 0 saturated carbocycles. The Kier molecular flexibility index (Phi) is 7.89. The molecular formula is C10H16ClFN3O13P3. The summed E-state index contributed by atoms with van der Waals surface area (Å²) in [6.07, 6.45) is -5.29. The third-order valence-electron chi connectivity index (χ3n) is 3.71. The molecule has 7 N–H and O–H groups in total. The molecule has 1 aromatic rings. The Labute approximate surface area is 176 Å². The van der Waals surface area contributed by atoms with Crippen molar-refractivity contribution in [1.29, 1.82) is 0 Å². The van der Waals surface area contributed by atoms with Crippen LogP contribution in [0.5, 0.6) is 0 Å². The molecule has 1 aliphatic heterocycles. The van der Waals surface area contributed by atoms with Crippen LogP contribution in [0.15, 0.2) is 17.1 Å². The van der Waals surface area contributed by atoms with Gasteiger partial charge in [-0.05, 0) is 6.07 Å². The Morgan fingerprint density at radius 1 is 1.26 bits per heavy atom. The van der Waals surface area contributed by atoms with Crippen molar-refractivity contribution in [2.24, 2.45) is 0 Å². The Hall–Kier alpha value is -0.770. The molecule has 0 aliphatic carbocycles. The number of phosphoric acid groups is 3. The summed E-state index contributed by atoms with van der Waals surface area (Å²) in [6.45, 7) is -1.24. The number of anilines is 1. The number of hydrogen-bond acceptors (Lipinski definition) is 11. The summed E-state index contributed by atoms with van der Waals surface area (Å²) >= 11 is 5.69. The van der Waals surface area contributed by atoms with E-state index in [-0.39, 0.29) is 5.82 Å². The van der Waals surface area contributed by atoms with Gasteiger partial charge in [0.15, 0.2) is 12.4 Å².